The van der Waals surface area contributed by atoms with Gasteiger partial charge in [-0.05, 0) is 19.3 Å². The molecule has 1 aliphatic heterocycles. The van der Waals surface area contributed by atoms with E-state index >= 15 is 0 Å². The topological polar surface area (TPSA) is 20.3 Å². The van der Waals surface area contributed by atoms with Gasteiger partial charge in [0.1, 0.15) is 0 Å². The minimum absolute atomic E-state index is 0.120. The Bertz CT molecular complexity index is 402. The van der Waals surface area contributed by atoms with Crippen LogP contribution in [0, 0.1) is 0 Å². The monoisotopic (exact) mass is 229 g/mol. The van der Waals surface area contributed by atoms with Crippen molar-refractivity contribution in [3.8, 4) is 0 Å². The maximum Gasteiger partial charge on any atom is 0.187 e. The fourth-order valence-electron chi connectivity index (χ4n) is 2.26. The number of benzene rings is 1. The van der Waals surface area contributed by atoms with Crippen LogP contribution < -0.4 is 0 Å². The van der Waals surface area contributed by atoms with Crippen molar-refractivity contribution in [2.24, 2.45) is 0 Å². The molecule has 0 saturated carbocycles. The van der Waals surface area contributed by atoms with E-state index in [4.69, 9.17) is 0 Å². The highest BCUT2D eigenvalue weighted by Crippen LogP contribution is 2.17. The number of hydrogen-bond acceptors (Lipinski definition) is 2. The van der Waals surface area contributed by atoms with Gasteiger partial charge in [0.05, 0.1) is 0 Å². The Hall–Kier alpha value is -1.57. The number of carbonyl (C=O) groups excluding carboxylic acids is 1. The molecule has 0 unspecified atom stereocenters. The summed E-state index contributed by atoms with van der Waals surface area (Å²) in [5.41, 5.74) is 1.95. The molecular weight excluding hydrogens is 210 g/mol. The molecule has 0 atom stereocenters. The molecule has 2 nitrogen and oxygen atoms in total. The van der Waals surface area contributed by atoms with Crippen molar-refractivity contribution < 1.29 is 4.79 Å². The number of nitrogens with zero attached hydrogens (tertiary/aromatic N) is 1. The molecule has 1 heterocycles. The maximum absolute atomic E-state index is 12.1. The van der Waals surface area contributed by atoms with Gasteiger partial charge in [0, 0.05) is 30.4 Å². The van der Waals surface area contributed by atoms with Crippen LogP contribution in [0.25, 0.3) is 0 Å². The molecule has 0 aliphatic carbocycles. The lowest BCUT2D eigenvalue weighted by molar-refractivity contribution is 0.104. The molecule has 1 aromatic carbocycles. The van der Waals surface area contributed by atoms with Crippen molar-refractivity contribution in [3.63, 3.8) is 0 Å². The summed E-state index contributed by atoms with van der Waals surface area (Å²) in [5, 5.41) is 0. The van der Waals surface area contributed by atoms with Crippen LogP contribution >= 0.6 is 0 Å². The smallest absolute Gasteiger partial charge is 0.187 e. The van der Waals surface area contributed by atoms with Gasteiger partial charge < -0.3 is 4.90 Å². The minimum Gasteiger partial charge on any atom is -0.375 e. The lowest BCUT2D eigenvalue weighted by Gasteiger charge is -2.20. The third-order valence-electron chi connectivity index (χ3n) is 3.23. The van der Waals surface area contributed by atoms with Gasteiger partial charge in [-0.15, -0.1) is 0 Å². The van der Waals surface area contributed by atoms with Crippen LogP contribution in [0.15, 0.2) is 42.1 Å². The average Bonchev–Trinajstić information content (AvgIpc) is 2.90. The Labute approximate surface area is 103 Å². The number of rotatable bonds is 4. The molecule has 2 heteroatoms. The minimum atomic E-state index is 0.120. The van der Waals surface area contributed by atoms with Gasteiger partial charge in [0.15, 0.2) is 5.78 Å². The van der Waals surface area contributed by atoms with Gasteiger partial charge in [-0.1, -0.05) is 37.3 Å². The van der Waals surface area contributed by atoms with E-state index in [1.807, 2.05) is 30.3 Å². The molecule has 0 radical (unpaired) electrons. The third-order valence-corrected chi connectivity index (χ3v) is 3.23. The summed E-state index contributed by atoms with van der Waals surface area (Å²) in [6.45, 7) is 4.31. The molecule has 0 bridgehead atoms. The van der Waals surface area contributed by atoms with Gasteiger partial charge in [-0.2, -0.15) is 0 Å². The number of carbonyl (C=O) groups is 1. The zero-order valence-corrected chi connectivity index (χ0v) is 10.4. The van der Waals surface area contributed by atoms with Crippen molar-refractivity contribution in [3.05, 3.63) is 47.7 Å². The van der Waals surface area contributed by atoms with Crippen molar-refractivity contribution in [1.29, 1.82) is 0 Å². The Morgan fingerprint density at radius 1 is 1.24 bits per heavy atom. The van der Waals surface area contributed by atoms with Gasteiger partial charge in [-0.25, -0.2) is 0 Å². The second kappa shape index (κ2) is 5.67. The first-order chi connectivity index (χ1) is 8.31. The van der Waals surface area contributed by atoms with Gasteiger partial charge in [0.2, 0.25) is 0 Å². The Kier molecular flexibility index (Phi) is 3.97. The highest BCUT2D eigenvalue weighted by molar-refractivity contribution is 6.04. The van der Waals surface area contributed by atoms with E-state index in [-0.39, 0.29) is 5.78 Å². The van der Waals surface area contributed by atoms with Gasteiger partial charge in [-0.3, -0.25) is 4.79 Å². The average molecular weight is 229 g/mol. The number of hydrogen-bond donors (Lipinski definition) is 0. The first kappa shape index (κ1) is 11.9. The summed E-state index contributed by atoms with van der Waals surface area (Å²) < 4.78 is 0. The predicted molar refractivity (Wildman–Crippen MR) is 70.0 cm³/mol. The predicted octanol–water partition coefficient (Wildman–Crippen LogP) is 3.26. The van der Waals surface area contributed by atoms with Crippen LogP contribution in [0.2, 0.25) is 0 Å². The highest BCUT2D eigenvalue weighted by Gasteiger charge is 2.14. The van der Waals surface area contributed by atoms with Crippen molar-refractivity contribution >= 4 is 5.78 Å². The second-order valence-electron chi connectivity index (χ2n) is 4.41. The molecule has 1 aliphatic rings. The van der Waals surface area contributed by atoms with Gasteiger partial charge in [0.25, 0.3) is 0 Å². The second-order valence-corrected chi connectivity index (χ2v) is 4.41. The molecule has 17 heavy (non-hydrogen) atoms. The zero-order chi connectivity index (χ0) is 12.1. The number of likely N-dealkylation sites (tertiary alicyclic amines) is 1. The van der Waals surface area contributed by atoms with E-state index in [1.165, 1.54) is 18.5 Å². The Balaban J connectivity index is 2.13. The maximum atomic E-state index is 12.1. The van der Waals surface area contributed by atoms with Crippen LogP contribution in [-0.2, 0) is 0 Å². The van der Waals surface area contributed by atoms with Crippen LogP contribution in [0.5, 0.6) is 0 Å². The lowest BCUT2D eigenvalue weighted by Crippen LogP contribution is -2.19. The summed E-state index contributed by atoms with van der Waals surface area (Å²) in [7, 11) is 0. The summed E-state index contributed by atoms with van der Waals surface area (Å²) in [5.74, 6) is 0.120. The van der Waals surface area contributed by atoms with Crippen LogP contribution in [0.4, 0.5) is 0 Å². The van der Waals surface area contributed by atoms with Crippen LogP contribution in [0.3, 0.4) is 0 Å². The fourth-order valence-corrected chi connectivity index (χ4v) is 2.26. The molecule has 90 valence electrons. The summed E-state index contributed by atoms with van der Waals surface area (Å²) in [6, 6.07) is 9.49. The molecule has 1 fully saturated rings. The summed E-state index contributed by atoms with van der Waals surface area (Å²) >= 11 is 0. The van der Waals surface area contributed by atoms with E-state index in [2.05, 4.69) is 11.8 Å². The first-order valence-corrected chi connectivity index (χ1v) is 6.36. The van der Waals surface area contributed by atoms with E-state index in [0.717, 1.165) is 25.1 Å². The normalized spacial score (nSPS) is 16.3. The molecule has 0 aromatic heterocycles. The Morgan fingerprint density at radius 3 is 2.47 bits per heavy atom. The van der Waals surface area contributed by atoms with E-state index in [0.29, 0.717) is 0 Å². The molecule has 0 N–H and O–H groups in total. The number of allylic oxidation sites excluding steroid dienone is 2. The molecule has 1 aromatic rings. The quantitative estimate of drug-likeness (QED) is 0.583. The zero-order valence-electron chi connectivity index (χ0n) is 10.4. The molecular formula is C15H19NO. The lowest BCUT2D eigenvalue weighted by atomic mass is 10.1. The summed E-state index contributed by atoms with van der Waals surface area (Å²) in [4.78, 5) is 14.4. The van der Waals surface area contributed by atoms with Crippen molar-refractivity contribution in [1.82, 2.24) is 4.90 Å². The van der Waals surface area contributed by atoms with Gasteiger partial charge >= 0.3 is 0 Å². The molecule has 1 saturated heterocycles. The van der Waals surface area contributed by atoms with E-state index in [9.17, 15) is 4.79 Å². The molecule has 0 amide bonds. The molecule has 0 spiro atoms. The largest absolute Gasteiger partial charge is 0.375 e. The van der Waals surface area contributed by atoms with Crippen LogP contribution in [-0.4, -0.2) is 23.8 Å². The summed E-state index contributed by atoms with van der Waals surface area (Å²) in [6.07, 6.45) is 5.23. The fraction of sp³-hybridized carbons (Fsp3) is 0.400. The van der Waals surface area contributed by atoms with Crippen LogP contribution in [0.1, 0.15) is 36.5 Å². The first-order valence-electron chi connectivity index (χ1n) is 6.36. The van der Waals surface area contributed by atoms with E-state index < -0.39 is 0 Å². The van der Waals surface area contributed by atoms with E-state index in [1.54, 1.807) is 6.08 Å². The van der Waals surface area contributed by atoms with Crippen molar-refractivity contribution in [2.75, 3.05) is 13.1 Å². The molecule has 2 rings (SSSR count). The van der Waals surface area contributed by atoms with Crippen molar-refractivity contribution in [2.45, 2.75) is 26.2 Å². The Morgan fingerprint density at radius 2 is 1.88 bits per heavy atom. The third kappa shape index (κ3) is 2.96. The number of ketones is 1. The standard InChI is InChI=1S/C15H19NO/c1-2-14(16-10-6-7-11-16)12-15(17)13-8-4-3-5-9-13/h3-5,8-9,12H,2,6-7,10-11H2,1H3/b14-12-. The highest BCUT2D eigenvalue weighted by atomic mass is 16.1. The SMILES string of the molecule is CC/C(=C/C(=O)c1ccccc1)N1CCCC1.